The highest BCUT2D eigenvalue weighted by Gasteiger charge is 2.23. The summed E-state index contributed by atoms with van der Waals surface area (Å²) < 4.78 is 57.0. The van der Waals surface area contributed by atoms with Crippen LogP contribution in [0.4, 0.5) is 14.5 Å². The lowest BCUT2D eigenvalue weighted by atomic mass is 9.96. The van der Waals surface area contributed by atoms with Gasteiger partial charge in [-0.15, -0.1) is 5.76 Å². The van der Waals surface area contributed by atoms with Crippen molar-refractivity contribution in [1.29, 1.82) is 0 Å². The van der Waals surface area contributed by atoms with E-state index >= 15 is 0 Å². The predicted octanol–water partition coefficient (Wildman–Crippen LogP) is 4.39. The van der Waals surface area contributed by atoms with Crippen LogP contribution < -0.4 is 10.0 Å². The van der Waals surface area contributed by atoms with E-state index in [9.17, 15) is 22.3 Å². The second-order valence-corrected chi connectivity index (χ2v) is 10.6. The van der Waals surface area contributed by atoms with Crippen LogP contribution in [0.5, 0.6) is 0 Å². The minimum Gasteiger partial charge on any atom is -0.874 e. The van der Waals surface area contributed by atoms with Crippen molar-refractivity contribution < 1.29 is 22.3 Å². The molecule has 9 heteroatoms. The summed E-state index contributed by atoms with van der Waals surface area (Å²) >= 11 is 1.11. The quantitative estimate of drug-likeness (QED) is 0.583. The third-order valence-electron chi connectivity index (χ3n) is 5.84. The maximum atomic E-state index is 14.8. The summed E-state index contributed by atoms with van der Waals surface area (Å²) in [6, 6.07) is 5.81. The van der Waals surface area contributed by atoms with Crippen LogP contribution in [-0.4, -0.2) is 27.2 Å². The molecule has 5 nitrogen and oxygen atoms in total. The molecule has 0 aromatic heterocycles. The van der Waals surface area contributed by atoms with E-state index in [0.717, 1.165) is 73.1 Å². The fourth-order valence-electron chi connectivity index (χ4n) is 4.18. The number of rotatable bonds is 5. The summed E-state index contributed by atoms with van der Waals surface area (Å²) in [4.78, 5) is 2.07. The lowest BCUT2D eigenvalue weighted by Crippen LogP contribution is -2.22. The average Bonchev–Trinajstić information content (AvgIpc) is 3.43. The number of sulfonamides is 1. The minimum absolute atomic E-state index is 0.0123. The number of aryl methyl sites for hydroxylation is 1. The maximum absolute atomic E-state index is 14.8. The van der Waals surface area contributed by atoms with Crippen LogP contribution in [0.1, 0.15) is 29.5 Å². The van der Waals surface area contributed by atoms with Crippen molar-refractivity contribution in [3.8, 4) is 0 Å². The smallest absolute Gasteiger partial charge is 0.282 e. The van der Waals surface area contributed by atoms with Gasteiger partial charge in [-0.3, -0.25) is 0 Å². The lowest BCUT2D eigenvalue weighted by Gasteiger charge is -2.26. The number of hydrogen-bond donors (Lipinski definition) is 0. The van der Waals surface area contributed by atoms with Crippen molar-refractivity contribution in [2.24, 2.45) is 4.40 Å². The number of allylic oxidation sites excluding steroid dienone is 3. The zero-order chi connectivity index (χ0) is 23.8. The SMILES string of the molecule is Cc1cc(F)c(N2CCCC2)c(C)c1C/C([O-])=C1/SC=C/C1=N\S(=O)(=O)c1ccc(F)cc1. The average molecular weight is 490 g/mol. The van der Waals surface area contributed by atoms with Crippen LogP contribution in [0.2, 0.25) is 0 Å². The normalized spacial score (nSPS) is 19.0. The number of nitrogens with zero attached hydrogens (tertiary/aromatic N) is 2. The van der Waals surface area contributed by atoms with E-state index < -0.39 is 15.8 Å². The molecule has 0 unspecified atom stereocenters. The van der Waals surface area contributed by atoms with Crippen LogP contribution in [0.3, 0.4) is 0 Å². The third-order valence-corrected chi connectivity index (χ3v) is 8.09. The standard InChI is InChI=1S/C24H24F2N2O3S2/c1-15-13-20(26)23(28-10-3-4-11-28)16(2)19(15)14-22(29)24-21(9-12-32-24)27-33(30,31)18-7-5-17(25)6-8-18/h5-9,12-13,29H,3-4,10-11,14H2,1-2H3/p-1/b24-22-,27-21+. The molecule has 1 fully saturated rings. The molecule has 1 saturated heterocycles. The first-order valence-corrected chi connectivity index (χ1v) is 12.9. The van der Waals surface area contributed by atoms with Gasteiger partial charge >= 0.3 is 0 Å². The highest BCUT2D eigenvalue weighted by molar-refractivity contribution is 8.07. The van der Waals surface area contributed by atoms with Gasteiger partial charge in [-0.25, -0.2) is 8.78 Å². The third kappa shape index (κ3) is 4.84. The first-order chi connectivity index (χ1) is 15.7. The van der Waals surface area contributed by atoms with Crippen LogP contribution >= 0.6 is 11.8 Å². The van der Waals surface area contributed by atoms with Crippen molar-refractivity contribution in [3.05, 3.63) is 80.8 Å². The van der Waals surface area contributed by atoms with Gasteiger partial charge in [0.2, 0.25) is 0 Å². The first-order valence-electron chi connectivity index (χ1n) is 10.5. The zero-order valence-corrected chi connectivity index (χ0v) is 19.9. The van der Waals surface area contributed by atoms with Gasteiger partial charge < -0.3 is 10.0 Å². The van der Waals surface area contributed by atoms with Crippen LogP contribution in [0.15, 0.2) is 61.8 Å². The molecule has 0 atom stereocenters. The van der Waals surface area contributed by atoms with Gasteiger partial charge in [0.25, 0.3) is 10.0 Å². The topological polar surface area (TPSA) is 72.8 Å². The molecular weight excluding hydrogens is 466 g/mol. The molecule has 2 heterocycles. The molecule has 174 valence electrons. The van der Waals surface area contributed by atoms with Crippen LogP contribution in [0, 0.1) is 25.5 Å². The Morgan fingerprint density at radius 3 is 2.48 bits per heavy atom. The van der Waals surface area contributed by atoms with Gasteiger partial charge in [-0.1, -0.05) is 11.8 Å². The summed E-state index contributed by atoms with van der Waals surface area (Å²) in [7, 11) is -4.11. The Kier molecular flexibility index (Phi) is 6.63. The molecule has 0 amide bonds. The van der Waals surface area contributed by atoms with Gasteiger partial charge in [0.1, 0.15) is 11.6 Å². The molecule has 4 rings (SSSR count). The first kappa shape index (κ1) is 23.5. The lowest BCUT2D eigenvalue weighted by molar-refractivity contribution is -0.305. The van der Waals surface area contributed by atoms with Crippen LogP contribution in [0.25, 0.3) is 0 Å². The molecule has 0 N–H and O–H groups in total. The summed E-state index contributed by atoms with van der Waals surface area (Å²) in [6.45, 7) is 5.16. The molecule has 0 spiro atoms. The minimum atomic E-state index is -4.11. The van der Waals surface area contributed by atoms with E-state index in [1.807, 2.05) is 11.8 Å². The van der Waals surface area contributed by atoms with Gasteiger partial charge in [0, 0.05) is 18.0 Å². The molecule has 33 heavy (non-hydrogen) atoms. The van der Waals surface area contributed by atoms with Crippen molar-refractivity contribution in [1.82, 2.24) is 0 Å². The number of thioether (sulfide) groups is 1. The molecule has 0 radical (unpaired) electrons. The Morgan fingerprint density at radius 2 is 1.82 bits per heavy atom. The van der Waals surface area contributed by atoms with Crippen molar-refractivity contribution in [2.75, 3.05) is 18.0 Å². The predicted molar refractivity (Wildman–Crippen MR) is 126 cm³/mol. The Balaban J connectivity index is 1.68. The van der Waals surface area contributed by atoms with Crippen molar-refractivity contribution >= 4 is 33.2 Å². The molecule has 2 aromatic rings. The fraction of sp³-hybridized carbons (Fsp3) is 0.292. The molecular formula is C24H23F2N2O3S2-. The Morgan fingerprint density at radius 1 is 1.15 bits per heavy atom. The van der Waals surface area contributed by atoms with Crippen LogP contribution in [-0.2, 0) is 16.4 Å². The van der Waals surface area contributed by atoms with Crippen molar-refractivity contribution in [3.63, 3.8) is 0 Å². The molecule has 2 aliphatic heterocycles. The largest absolute Gasteiger partial charge is 0.874 e. The second-order valence-electron chi connectivity index (χ2n) is 8.08. The van der Waals surface area contributed by atoms with Gasteiger partial charge in [0.15, 0.2) is 0 Å². The number of benzene rings is 2. The highest BCUT2D eigenvalue weighted by Crippen LogP contribution is 2.35. The van der Waals surface area contributed by atoms with E-state index in [4.69, 9.17) is 0 Å². The second kappa shape index (κ2) is 9.30. The Labute approximate surface area is 196 Å². The van der Waals surface area contributed by atoms with Crippen molar-refractivity contribution in [2.45, 2.75) is 38.0 Å². The molecule has 2 aromatic carbocycles. The number of anilines is 1. The zero-order valence-electron chi connectivity index (χ0n) is 18.3. The van der Waals surface area contributed by atoms with E-state index in [1.165, 1.54) is 12.1 Å². The van der Waals surface area contributed by atoms with E-state index in [1.54, 1.807) is 12.3 Å². The molecule has 0 aliphatic carbocycles. The number of halogens is 2. The van der Waals surface area contributed by atoms with E-state index in [2.05, 4.69) is 4.40 Å². The van der Waals surface area contributed by atoms with E-state index in [0.29, 0.717) is 11.3 Å². The number of hydrogen-bond acceptors (Lipinski definition) is 5. The monoisotopic (exact) mass is 489 g/mol. The van der Waals surface area contributed by atoms with Gasteiger partial charge in [-0.05, 0) is 91.6 Å². The summed E-state index contributed by atoms with van der Waals surface area (Å²) in [5.74, 6) is -1.14. The maximum Gasteiger partial charge on any atom is 0.282 e. The highest BCUT2D eigenvalue weighted by atomic mass is 32.2. The van der Waals surface area contributed by atoms with Gasteiger partial charge in [-0.2, -0.15) is 12.8 Å². The fourth-order valence-corrected chi connectivity index (χ4v) is 6.00. The summed E-state index contributed by atoms with van der Waals surface area (Å²) in [5.41, 5.74) is 2.73. The molecule has 0 bridgehead atoms. The van der Waals surface area contributed by atoms with E-state index in [-0.39, 0.29) is 33.5 Å². The molecule has 0 saturated carbocycles. The summed E-state index contributed by atoms with van der Waals surface area (Å²) in [6.07, 6.45) is 3.49. The molecule has 2 aliphatic rings. The Bertz CT molecular complexity index is 1280. The Hall–Kier alpha value is -2.65. The summed E-state index contributed by atoms with van der Waals surface area (Å²) in [5, 5.41) is 14.8. The van der Waals surface area contributed by atoms with Gasteiger partial charge in [0.05, 0.1) is 16.3 Å².